The van der Waals surface area contributed by atoms with Gasteiger partial charge in [-0.1, -0.05) is 0 Å². The molecule has 3 N–H and O–H groups in total. The zero-order valence-electron chi connectivity index (χ0n) is 16.3. The van der Waals surface area contributed by atoms with Crippen LogP contribution in [0.2, 0.25) is 0 Å². The summed E-state index contributed by atoms with van der Waals surface area (Å²) < 4.78 is 5.13. The molecule has 1 aromatic heterocycles. The standard InChI is InChI=1S/C19H31N3O3S/c1-18(2)11-13(12-19(3,4)22-18)20-16(23)14(8-10-26-5)21-17(24)15-7-6-9-25-15/h6-7,9,13-14,22H,8,10-12H2,1-5H3,(H,20,23)(H,21,24). The van der Waals surface area contributed by atoms with Crippen molar-refractivity contribution in [3.63, 3.8) is 0 Å². The van der Waals surface area contributed by atoms with E-state index in [1.165, 1.54) is 6.26 Å². The molecule has 1 atom stereocenters. The van der Waals surface area contributed by atoms with Crippen molar-refractivity contribution < 1.29 is 14.0 Å². The fraction of sp³-hybridized carbons (Fsp3) is 0.684. The third kappa shape index (κ3) is 6.06. The van der Waals surface area contributed by atoms with Crippen molar-refractivity contribution in [2.45, 2.75) is 70.1 Å². The van der Waals surface area contributed by atoms with Gasteiger partial charge in [-0.05, 0) is 71.1 Å². The fourth-order valence-corrected chi connectivity index (χ4v) is 4.34. The summed E-state index contributed by atoms with van der Waals surface area (Å²) in [6, 6.07) is 2.76. The van der Waals surface area contributed by atoms with Gasteiger partial charge in [-0.15, -0.1) is 0 Å². The van der Waals surface area contributed by atoms with Crippen LogP contribution >= 0.6 is 11.8 Å². The van der Waals surface area contributed by atoms with Crippen LogP contribution in [0.15, 0.2) is 22.8 Å². The Labute approximate surface area is 160 Å². The van der Waals surface area contributed by atoms with Crippen LogP contribution in [0, 0.1) is 0 Å². The monoisotopic (exact) mass is 381 g/mol. The van der Waals surface area contributed by atoms with E-state index in [0.717, 1.165) is 18.6 Å². The highest BCUT2D eigenvalue weighted by Gasteiger charge is 2.38. The van der Waals surface area contributed by atoms with Crippen LogP contribution < -0.4 is 16.0 Å². The number of carbonyl (C=O) groups is 2. The number of furan rings is 1. The minimum atomic E-state index is -0.568. The van der Waals surface area contributed by atoms with Crippen LogP contribution in [0.25, 0.3) is 0 Å². The van der Waals surface area contributed by atoms with Crippen LogP contribution in [-0.4, -0.2) is 47.0 Å². The first kappa shape index (κ1) is 20.8. The largest absolute Gasteiger partial charge is 0.459 e. The maximum atomic E-state index is 12.9. The van der Waals surface area contributed by atoms with E-state index in [1.807, 2.05) is 6.26 Å². The SMILES string of the molecule is CSCCC(NC(=O)c1ccco1)C(=O)NC1CC(C)(C)NC(C)(C)C1. The number of piperidine rings is 1. The van der Waals surface area contributed by atoms with Gasteiger partial charge in [-0.25, -0.2) is 0 Å². The average molecular weight is 382 g/mol. The summed E-state index contributed by atoms with van der Waals surface area (Å²) in [5.74, 6) is 0.524. The minimum absolute atomic E-state index is 0.0497. The molecule has 1 fully saturated rings. The van der Waals surface area contributed by atoms with Crippen molar-refractivity contribution in [3.05, 3.63) is 24.2 Å². The summed E-state index contributed by atoms with van der Waals surface area (Å²) >= 11 is 1.65. The molecule has 2 amide bonds. The van der Waals surface area contributed by atoms with E-state index in [-0.39, 0.29) is 34.7 Å². The topological polar surface area (TPSA) is 83.4 Å². The van der Waals surface area contributed by atoms with Crippen LogP contribution in [0.1, 0.15) is 57.5 Å². The lowest BCUT2D eigenvalue weighted by Crippen LogP contribution is -2.63. The Morgan fingerprint density at radius 1 is 1.31 bits per heavy atom. The van der Waals surface area contributed by atoms with E-state index in [2.05, 4.69) is 43.6 Å². The van der Waals surface area contributed by atoms with Gasteiger partial charge in [0.25, 0.3) is 5.91 Å². The number of amides is 2. The highest BCUT2D eigenvalue weighted by atomic mass is 32.2. The molecule has 2 rings (SSSR count). The van der Waals surface area contributed by atoms with Crippen molar-refractivity contribution >= 4 is 23.6 Å². The quantitative estimate of drug-likeness (QED) is 0.676. The average Bonchev–Trinajstić information content (AvgIpc) is 3.02. The molecule has 26 heavy (non-hydrogen) atoms. The first-order valence-corrected chi connectivity index (χ1v) is 10.4. The zero-order valence-corrected chi connectivity index (χ0v) is 17.2. The van der Waals surface area contributed by atoms with E-state index in [0.29, 0.717) is 6.42 Å². The summed E-state index contributed by atoms with van der Waals surface area (Å²) in [6.07, 6.45) is 5.72. The molecule has 0 radical (unpaired) electrons. The third-order valence-electron chi connectivity index (χ3n) is 4.51. The van der Waals surface area contributed by atoms with E-state index in [1.54, 1.807) is 23.9 Å². The molecule has 146 valence electrons. The molecule has 0 bridgehead atoms. The van der Waals surface area contributed by atoms with Crippen LogP contribution in [0.5, 0.6) is 0 Å². The summed E-state index contributed by atoms with van der Waals surface area (Å²) in [5, 5.41) is 9.58. The number of hydrogen-bond acceptors (Lipinski definition) is 5. The predicted octanol–water partition coefficient (Wildman–Crippen LogP) is 2.56. The predicted molar refractivity (Wildman–Crippen MR) is 105 cm³/mol. The first-order valence-electron chi connectivity index (χ1n) is 9.05. The molecule has 1 aliphatic rings. The number of nitrogens with one attached hydrogen (secondary N) is 3. The summed E-state index contributed by atoms with van der Waals surface area (Å²) in [5.41, 5.74) is -0.0994. The smallest absolute Gasteiger partial charge is 0.287 e. The van der Waals surface area contributed by atoms with E-state index < -0.39 is 6.04 Å². The van der Waals surface area contributed by atoms with Gasteiger partial charge in [-0.3, -0.25) is 9.59 Å². The Morgan fingerprint density at radius 2 is 1.96 bits per heavy atom. The molecular weight excluding hydrogens is 350 g/mol. The number of thioether (sulfide) groups is 1. The summed E-state index contributed by atoms with van der Waals surface area (Å²) in [6.45, 7) is 8.60. The number of rotatable bonds is 7. The molecule has 0 spiro atoms. The zero-order chi connectivity index (χ0) is 19.4. The maximum absolute atomic E-state index is 12.9. The molecule has 1 saturated heterocycles. The molecule has 7 heteroatoms. The minimum Gasteiger partial charge on any atom is -0.459 e. The van der Waals surface area contributed by atoms with E-state index in [4.69, 9.17) is 4.42 Å². The summed E-state index contributed by atoms with van der Waals surface area (Å²) in [7, 11) is 0. The van der Waals surface area contributed by atoms with Crippen LogP contribution in [0.3, 0.4) is 0 Å². The van der Waals surface area contributed by atoms with Gasteiger partial charge in [-0.2, -0.15) is 11.8 Å². The second-order valence-electron chi connectivity index (χ2n) is 8.29. The van der Waals surface area contributed by atoms with Gasteiger partial charge in [0.15, 0.2) is 5.76 Å². The van der Waals surface area contributed by atoms with Crippen molar-refractivity contribution in [2.75, 3.05) is 12.0 Å². The summed E-state index contributed by atoms with van der Waals surface area (Å²) in [4.78, 5) is 25.1. The fourth-order valence-electron chi connectivity index (χ4n) is 3.87. The third-order valence-corrected chi connectivity index (χ3v) is 5.16. The Hall–Kier alpha value is -1.47. The van der Waals surface area contributed by atoms with Gasteiger partial charge in [0, 0.05) is 17.1 Å². The Bertz CT molecular complexity index is 598. The molecule has 0 aromatic carbocycles. The van der Waals surface area contributed by atoms with Crippen molar-refractivity contribution in [2.24, 2.45) is 0 Å². The first-order chi connectivity index (χ1) is 12.1. The highest BCUT2D eigenvalue weighted by molar-refractivity contribution is 7.98. The van der Waals surface area contributed by atoms with Crippen LogP contribution in [-0.2, 0) is 4.79 Å². The van der Waals surface area contributed by atoms with Crippen LogP contribution in [0.4, 0.5) is 0 Å². The van der Waals surface area contributed by atoms with Crippen molar-refractivity contribution in [1.82, 2.24) is 16.0 Å². The second-order valence-corrected chi connectivity index (χ2v) is 9.28. The molecule has 0 saturated carbocycles. The lowest BCUT2D eigenvalue weighted by Gasteiger charge is -2.46. The molecule has 1 unspecified atom stereocenters. The van der Waals surface area contributed by atoms with Gasteiger partial charge >= 0.3 is 0 Å². The Kier molecular flexibility index (Phi) is 6.80. The molecule has 6 nitrogen and oxygen atoms in total. The van der Waals surface area contributed by atoms with Crippen molar-refractivity contribution in [1.29, 1.82) is 0 Å². The highest BCUT2D eigenvalue weighted by Crippen LogP contribution is 2.28. The molecule has 0 aliphatic carbocycles. The number of carbonyl (C=O) groups excluding carboxylic acids is 2. The molecule has 1 aromatic rings. The molecule has 1 aliphatic heterocycles. The molecular formula is C19H31N3O3S. The van der Waals surface area contributed by atoms with E-state index >= 15 is 0 Å². The van der Waals surface area contributed by atoms with Crippen molar-refractivity contribution in [3.8, 4) is 0 Å². The van der Waals surface area contributed by atoms with Gasteiger partial charge in [0.1, 0.15) is 6.04 Å². The Balaban J connectivity index is 2.02. The number of hydrogen-bond donors (Lipinski definition) is 3. The maximum Gasteiger partial charge on any atom is 0.287 e. The lowest BCUT2D eigenvalue weighted by atomic mass is 9.79. The van der Waals surface area contributed by atoms with E-state index in [9.17, 15) is 9.59 Å². The lowest BCUT2D eigenvalue weighted by molar-refractivity contribution is -0.124. The van der Waals surface area contributed by atoms with Gasteiger partial charge in [0.2, 0.25) is 5.91 Å². The van der Waals surface area contributed by atoms with Gasteiger partial charge < -0.3 is 20.4 Å². The second kappa shape index (κ2) is 8.48. The normalized spacial score (nSPS) is 20.3. The molecule has 2 heterocycles. The Morgan fingerprint density at radius 3 is 2.50 bits per heavy atom. The van der Waals surface area contributed by atoms with Gasteiger partial charge in [0.05, 0.1) is 6.26 Å².